The number of methoxy groups -OCH3 is 2. The summed E-state index contributed by atoms with van der Waals surface area (Å²) in [5.74, 6) is 2.92. The fraction of sp³-hybridized carbons (Fsp3) is 0.167. The Morgan fingerprint density at radius 1 is 0.773 bits per heavy atom. The maximum Gasteiger partial charge on any atom is 0.176 e. The average Bonchev–Trinajstić information content (AvgIpc) is 2.55. The van der Waals surface area contributed by atoms with Crippen LogP contribution in [0.5, 0.6) is 23.0 Å². The maximum absolute atomic E-state index is 5.96. The third-order valence-electron chi connectivity index (χ3n) is 3.49. The summed E-state index contributed by atoms with van der Waals surface area (Å²) in [6.45, 7) is 0. The lowest BCUT2D eigenvalue weighted by Crippen LogP contribution is -2.25. The van der Waals surface area contributed by atoms with Gasteiger partial charge in [0.1, 0.15) is 18.5 Å². The van der Waals surface area contributed by atoms with Crippen molar-refractivity contribution < 1.29 is 18.8 Å². The van der Waals surface area contributed by atoms with Gasteiger partial charge in [-0.2, -0.15) is 0 Å². The standard InChI is InChI=1S/C18H18NO3/c1-19-9-8-13-10-17(21-3)18(11-14(13)12-19)22-16-6-4-15(20-2)5-7-16/h4-12H,1-3H3/q+1. The predicted molar refractivity (Wildman–Crippen MR) is 84.7 cm³/mol. The smallest absolute Gasteiger partial charge is 0.176 e. The van der Waals surface area contributed by atoms with Gasteiger partial charge < -0.3 is 14.2 Å². The topological polar surface area (TPSA) is 31.6 Å². The Bertz CT molecular complexity index is 797. The van der Waals surface area contributed by atoms with E-state index in [1.807, 2.05) is 54.2 Å². The largest absolute Gasteiger partial charge is 0.497 e. The Balaban J connectivity index is 2.00. The number of pyridine rings is 1. The van der Waals surface area contributed by atoms with Gasteiger partial charge in [-0.1, -0.05) is 0 Å². The first-order chi connectivity index (χ1) is 10.7. The Hall–Kier alpha value is -2.75. The van der Waals surface area contributed by atoms with Gasteiger partial charge in [0.05, 0.1) is 14.2 Å². The minimum absolute atomic E-state index is 0.686. The van der Waals surface area contributed by atoms with E-state index in [0.29, 0.717) is 11.5 Å². The maximum atomic E-state index is 5.96. The first kappa shape index (κ1) is 14.2. The first-order valence-corrected chi connectivity index (χ1v) is 6.98. The number of benzene rings is 2. The zero-order chi connectivity index (χ0) is 15.5. The molecule has 0 spiro atoms. The van der Waals surface area contributed by atoms with E-state index < -0.39 is 0 Å². The van der Waals surface area contributed by atoms with Crippen molar-refractivity contribution in [2.45, 2.75) is 0 Å². The molecule has 3 aromatic rings. The summed E-state index contributed by atoms with van der Waals surface area (Å²) in [4.78, 5) is 0. The van der Waals surface area contributed by atoms with Crippen molar-refractivity contribution in [3.8, 4) is 23.0 Å². The molecule has 1 aromatic heterocycles. The van der Waals surface area contributed by atoms with E-state index in [9.17, 15) is 0 Å². The normalized spacial score (nSPS) is 10.5. The zero-order valence-electron chi connectivity index (χ0n) is 12.9. The third kappa shape index (κ3) is 2.81. The molecule has 0 N–H and O–H groups in total. The van der Waals surface area contributed by atoms with E-state index in [2.05, 4.69) is 12.3 Å². The van der Waals surface area contributed by atoms with Crippen molar-refractivity contribution in [2.24, 2.45) is 7.05 Å². The number of fused-ring (bicyclic) bond motifs is 1. The zero-order valence-corrected chi connectivity index (χ0v) is 12.9. The second-order valence-electron chi connectivity index (χ2n) is 5.02. The van der Waals surface area contributed by atoms with E-state index in [0.717, 1.165) is 22.3 Å². The van der Waals surface area contributed by atoms with Crippen LogP contribution in [0.4, 0.5) is 0 Å². The molecule has 0 bridgehead atoms. The van der Waals surface area contributed by atoms with Gasteiger partial charge in [0.2, 0.25) is 0 Å². The summed E-state index contributed by atoms with van der Waals surface area (Å²) in [7, 11) is 5.28. The van der Waals surface area contributed by atoms with Crippen molar-refractivity contribution in [3.63, 3.8) is 0 Å². The second-order valence-corrected chi connectivity index (χ2v) is 5.02. The summed E-state index contributed by atoms with van der Waals surface area (Å²) in [6, 6.07) is 13.5. The van der Waals surface area contributed by atoms with Crippen LogP contribution in [0.2, 0.25) is 0 Å². The number of hydrogen-bond donors (Lipinski definition) is 0. The lowest BCUT2D eigenvalue weighted by atomic mass is 10.1. The molecule has 0 aliphatic rings. The number of aromatic nitrogens is 1. The van der Waals surface area contributed by atoms with E-state index in [1.165, 1.54) is 0 Å². The summed E-state index contributed by atoms with van der Waals surface area (Å²) >= 11 is 0. The van der Waals surface area contributed by atoms with Gasteiger partial charge in [-0.15, -0.1) is 0 Å². The molecule has 3 rings (SSSR count). The molecule has 0 aliphatic heterocycles. The van der Waals surface area contributed by atoms with Crippen LogP contribution in [-0.4, -0.2) is 14.2 Å². The Labute approximate surface area is 129 Å². The molecule has 0 aliphatic carbocycles. The number of hydrogen-bond acceptors (Lipinski definition) is 3. The van der Waals surface area contributed by atoms with E-state index >= 15 is 0 Å². The average molecular weight is 296 g/mol. The van der Waals surface area contributed by atoms with Crippen LogP contribution in [0, 0.1) is 0 Å². The molecule has 0 radical (unpaired) electrons. The highest BCUT2D eigenvalue weighted by molar-refractivity contribution is 5.84. The van der Waals surface area contributed by atoms with Crippen LogP contribution >= 0.6 is 0 Å². The molecule has 0 saturated heterocycles. The SMILES string of the molecule is COc1ccc(Oc2cc3c[n+](C)ccc3cc2OC)cc1. The molecule has 1 heterocycles. The highest BCUT2D eigenvalue weighted by Gasteiger charge is 2.10. The van der Waals surface area contributed by atoms with Crippen LogP contribution in [-0.2, 0) is 7.05 Å². The highest BCUT2D eigenvalue weighted by Crippen LogP contribution is 2.35. The molecule has 0 fully saturated rings. The van der Waals surface area contributed by atoms with Crippen molar-refractivity contribution in [1.82, 2.24) is 0 Å². The number of aryl methyl sites for hydroxylation is 1. The number of nitrogens with zero attached hydrogens (tertiary/aromatic N) is 1. The summed E-state index contributed by atoms with van der Waals surface area (Å²) in [6.07, 6.45) is 4.06. The van der Waals surface area contributed by atoms with Gasteiger partial charge in [0.15, 0.2) is 23.9 Å². The Morgan fingerprint density at radius 3 is 2.14 bits per heavy atom. The summed E-state index contributed by atoms with van der Waals surface area (Å²) in [5, 5.41) is 2.20. The lowest BCUT2D eigenvalue weighted by Gasteiger charge is -2.11. The summed E-state index contributed by atoms with van der Waals surface area (Å²) < 4.78 is 18.6. The number of rotatable bonds is 4. The molecule has 0 unspecified atom stereocenters. The molecule has 0 saturated carbocycles. The van der Waals surface area contributed by atoms with E-state index in [-0.39, 0.29) is 0 Å². The van der Waals surface area contributed by atoms with E-state index in [1.54, 1.807) is 14.2 Å². The second kappa shape index (κ2) is 5.93. The van der Waals surface area contributed by atoms with Crippen molar-refractivity contribution in [1.29, 1.82) is 0 Å². The predicted octanol–water partition coefficient (Wildman–Crippen LogP) is 3.47. The fourth-order valence-electron chi connectivity index (χ4n) is 2.32. The molecule has 0 amide bonds. The van der Waals surface area contributed by atoms with Crippen molar-refractivity contribution >= 4 is 10.8 Å². The minimum Gasteiger partial charge on any atom is -0.497 e. The van der Waals surface area contributed by atoms with Gasteiger partial charge in [-0.3, -0.25) is 0 Å². The van der Waals surface area contributed by atoms with Crippen molar-refractivity contribution in [2.75, 3.05) is 14.2 Å². The molecule has 2 aromatic carbocycles. The van der Waals surface area contributed by atoms with Gasteiger partial charge in [0.25, 0.3) is 0 Å². The van der Waals surface area contributed by atoms with Crippen LogP contribution in [0.1, 0.15) is 0 Å². The molecule has 4 heteroatoms. The first-order valence-electron chi connectivity index (χ1n) is 6.98. The molecule has 112 valence electrons. The number of ether oxygens (including phenoxy) is 3. The Morgan fingerprint density at radius 2 is 1.45 bits per heavy atom. The fourth-order valence-corrected chi connectivity index (χ4v) is 2.32. The molecule has 0 atom stereocenters. The van der Waals surface area contributed by atoms with Crippen LogP contribution in [0.25, 0.3) is 10.8 Å². The van der Waals surface area contributed by atoms with Crippen LogP contribution < -0.4 is 18.8 Å². The van der Waals surface area contributed by atoms with Gasteiger partial charge in [-0.05, 0) is 41.8 Å². The van der Waals surface area contributed by atoms with E-state index in [4.69, 9.17) is 14.2 Å². The minimum atomic E-state index is 0.686. The van der Waals surface area contributed by atoms with Crippen LogP contribution in [0.3, 0.4) is 0 Å². The van der Waals surface area contributed by atoms with Crippen LogP contribution in [0.15, 0.2) is 54.9 Å². The quantitative estimate of drug-likeness (QED) is 0.691. The molecule has 22 heavy (non-hydrogen) atoms. The lowest BCUT2D eigenvalue weighted by molar-refractivity contribution is -0.670. The third-order valence-corrected chi connectivity index (χ3v) is 3.49. The van der Waals surface area contributed by atoms with Crippen molar-refractivity contribution in [3.05, 3.63) is 54.9 Å². The van der Waals surface area contributed by atoms with Gasteiger partial charge in [-0.25, -0.2) is 4.57 Å². The summed E-state index contributed by atoms with van der Waals surface area (Å²) in [5.41, 5.74) is 0. The van der Waals surface area contributed by atoms with Gasteiger partial charge >= 0.3 is 0 Å². The Kier molecular flexibility index (Phi) is 3.83. The molecular weight excluding hydrogens is 278 g/mol. The highest BCUT2D eigenvalue weighted by atomic mass is 16.5. The van der Waals surface area contributed by atoms with Gasteiger partial charge in [0, 0.05) is 11.5 Å². The molecular formula is C18H18NO3+. The molecule has 4 nitrogen and oxygen atoms in total. The monoisotopic (exact) mass is 296 g/mol.